The van der Waals surface area contributed by atoms with Crippen LogP contribution in [0.1, 0.15) is 5.56 Å². The third-order valence-corrected chi connectivity index (χ3v) is 4.49. The Bertz CT molecular complexity index is 822. The molecule has 0 fully saturated rings. The van der Waals surface area contributed by atoms with Crippen molar-refractivity contribution in [2.75, 3.05) is 33.1 Å². The van der Waals surface area contributed by atoms with Crippen LogP contribution in [0.5, 0.6) is 11.5 Å². The SMILES string of the molecule is COc1ccc(OC)c(CC(=O)N(C)CC(=O)Nc2c(Cl)cccc2Cl)c1. The van der Waals surface area contributed by atoms with Crippen molar-refractivity contribution in [3.8, 4) is 11.5 Å². The van der Waals surface area contributed by atoms with Crippen LogP contribution in [0.15, 0.2) is 36.4 Å². The Balaban J connectivity index is 2.02. The number of methoxy groups -OCH3 is 2. The fourth-order valence-electron chi connectivity index (χ4n) is 2.42. The Morgan fingerprint density at radius 2 is 1.74 bits per heavy atom. The molecule has 6 nitrogen and oxygen atoms in total. The number of amides is 2. The molecule has 144 valence electrons. The van der Waals surface area contributed by atoms with E-state index in [0.717, 1.165) is 0 Å². The number of nitrogens with one attached hydrogen (secondary N) is 1. The Hall–Kier alpha value is -2.44. The monoisotopic (exact) mass is 410 g/mol. The van der Waals surface area contributed by atoms with E-state index in [1.54, 1.807) is 50.6 Å². The molecule has 0 unspecified atom stereocenters. The highest BCUT2D eigenvalue weighted by Gasteiger charge is 2.17. The molecule has 0 aromatic heterocycles. The molecule has 0 aliphatic rings. The van der Waals surface area contributed by atoms with Gasteiger partial charge in [-0.05, 0) is 30.3 Å². The normalized spacial score (nSPS) is 10.3. The molecule has 2 rings (SSSR count). The zero-order valence-corrected chi connectivity index (χ0v) is 16.7. The third-order valence-electron chi connectivity index (χ3n) is 3.86. The third kappa shape index (κ3) is 5.52. The maximum atomic E-state index is 12.5. The highest BCUT2D eigenvalue weighted by molar-refractivity contribution is 6.39. The Labute approximate surface area is 168 Å². The van der Waals surface area contributed by atoms with Crippen LogP contribution in [0.4, 0.5) is 5.69 Å². The van der Waals surface area contributed by atoms with Crippen molar-refractivity contribution >= 4 is 40.7 Å². The number of benzene rings is 2. The summed E-state index contributed by atoms with van der Waals surface area (Å²) in [4.78, 5) is 26.1. The summed E-state index contributed by atoms with van der Waals surface area (Å²) in [7, 11) is 4.62. The highest BCUT2D eigenvalue weighted by atomic mass is 35.5. The zero-order chi connectivity index (χ0) is 20.0. The highest BCUT2D eigenvalue weighted by Crippen LogP contribution is 2.29. The van der Waals surface area contributed by atoms with Crippen LogP contribution in [0, 0.1) is 0 Å². The van der Waals surface area contributed by atoms with Crippen LogP contribution in [0.2, 0.25) is 10.0 Å². The first kappa shape index (κ1) is 20.9. The van der Waals surface area contributed by atoms with Crippen LogP contribution in [-0.4, -0.2) is 44.5 Å². The molecule has 0 radical (unpaired) electrons. The number of carbonyl (C=O) groups excluding carboxylic acids is 2. The van der Waals surface area contributed by atoms with Gasteiger partial charge in [-0.3, -0.25) is 9.59 Å². The maximum Gasteiger partial charge on any atom is 0.244 e. The lowest BCUT2D eigenvalue weighted by atomic mass is 10.1. The molecule has 8 heteroatoms. The van der Waals surface area contributed by atoms with E-state index in [2.05, 4.69) is 5.32 Å². The van der Waals surface area contributed by atoms with Gasteiger partial charge in [-0.15, -0.1) is 0 Å². The first-order valence-electron chi connectivity index (χ1n) is 8.04. The minimum absolute atomic E-state index is 0.0665. The van der Waals surface area contributed by atoms with Gasteiger partial charge in [-0.25, -0.2) is 0 Å². The minimum Gasteiger partial charge on any atom is -0.497 e. The Kier molecular flexibility index (Phi) is 7.33. The first-order valence-corrected chi connectivity index (χ1v) is 8.80. The standard InChI is InChI=1S/C19H20Cl2N2O4/c1-23(11-17(24)22-19-14(20)5-4-6-15(19)21)18(25)10-12-9-13(26-2)7-8-16(12)27-3/h4-9H,10-11H2,1-3H3,(H,22,24). The van der Waals surface area contributed by atoms with Crippen molar-refractivity contribution in [2.45, 2.75) is 6.42 Å². The molecule has 0 aliphatic carbocycles. The molecule has 2 amide bonds. The summed E-state index contributed by atoms with van der Waals surface area (Å²) in [5.41, 5.74) is 0.990. The van der Waals surface area contributed by atoms with Gasteiger partial charge in [-0.1, -0.05) is 29.3 Å². The van der Waals surface area contributed by atoms with Crippen LogP contribution < -0.4 is 14.8 Å². The summed E-state index contributed by atoms with van der Waals surface area (Å²) in [6.07, 6.45) is 0.0665. The van der Waals surface area contributed by atoms with E-state index in [-0.39, 0.29) is 18.9 Å². The van der Waals surface area contributed by atoms with Gasteiger partial charge in [-0.2, -0.15) is 0 Å². The molecule has 0 atom stereocenters. The van der Waals surface area contributed by atoms with E-state index in [1.165, 1.54) is 12.0 Å². The quantitative estimate of drug-likeness (QED) is 0.756. The largest absolute Gasteiger partial charge is 0.497 e. The van der Waals surface area contributed by atoms with Gasteiger partial charge >= 0.3 is 0 Å². The average Bonchev–Trinajstić information content (AvgIpc) is 2.64. The van der Waals surface area contributed by atoms with Crippen molar-refractivity contribution < 1.29 is 19.1 Å². The van der Waals surface area contributed by atoms with Gasteiger partial charge in [0.25, 0.3) is 0 Å². The Morgan fingerprint density at radius 3 is 2.33 bits per heavy atom. The summed E-state index contributed by atoms with van der Waals surface area (Å²) in [6.45, 7) is -0.146. The van der Waals surface area contributed by atoms with E-state index < -0.39 is 5.91 Å². The summed E-state index contributed by atoms with van der Waals surface area (Å²) in [5, 5.41) is 3.28. The number of halogens is 2. The number of carbonyl (C=O) groups is 2. The fourth-order valence-corrected chi connectivity index (χ4v) is 2.91. The predicted molar refractivity (Wildman–Crippen MR) is 106 cm³/mol. The first-order chi connectivity index (χ1) is 12.8. The van der Waals surface area contributed by atoms with Crippen molar-refractivity contribution in [3.05, 3.63) is 52.0 Å². The number of ether oxygens (including phenoxy) is 2. The van der Waals surface area contributed by atoms with Crippen molar-refractivity contribution in [1.82, 2.24) is 4.90 Å². The molecule has 1 N–H and O–H groups in total. The van der Waals surface area contributed by atoms with E-state index in [1.807, 2.05) is 0 Å². The number of rotatable bonds is 7. The van der Waals surface area contributed by atoms with E-state index in [4.69, 9.17) is 32.7 Å². The second-order valence-electron chi connectivity index (χ2n) is 5.75. The molecule has 0 heterocycles. The van der Waals surface area contributed by atoms with Crippen LogP contribution in [-0.2, 0) is 16.0 Å². The van der Waals surface area contributed by atoms with Crippen molar-refractivity contribution in [2.24, 2.45) is 0 Å². The van der Waals surface area contributed by atoms with E-state index in [0.29, 0.717) is 32.8 Å². The van der Waals surface area contributed by atoms with Gasteiger partial charge in [0.15, 0.2) is 0 Å². The molecular formula is C19H20Cl2N2O4. The topological polar surface area (TPSA) is 67.9 Å². The van der Waals surface area contributed by atoms with E-state index >= 15 is 0 Å². The molecule has 27 heavy (non-hydrogen) atoms. The summed E-state index contributed by atoms with van der Waals surface area (Å²) < 4.78 is 10.5. The Morgan fingerprint density at radius 1 is 1.07 bits per heavy atom. The molecule has 0 bridgehead atoms. The second kappa shape index (κ2) is 9.48. The van der Waals surface area contributed by atoms with Gasteiger partial charge in [0.05, 0.1) is 42.9 Å². The van der Waals surface area contributed by atoms with Gasteiger partial charge in [0, 0.05) is 12.6 Å². The summed E-state index contributed by atoms with van der Waals surface area (Å²) >= 11 is 12.1. The number of nitrogens with zero attached hydrogens (tertiary/aromatic N) is 1. The lowest BCUT2D eigenvalue weighted by Crippen LogP contribution is -2.36. The van der Waals surface area contributed by atoms with Crippen LogP contribution in [0.25, 0.3) is 0 Å². The number of para-hydroxylation sites is 1. The molecule has 0 saturated heterocycles. The van der Waals surface area contributed by atoms with Crippen molar-refractivity contribution in [3.63, 3.8) is 0 Å². The average molecular weight is 411 g/mol. The van der Waals surface area contributed by atoms with Gasteiger partial charge < -0.3 is 19.7 Å². The van der Waals surface area contributed by atoms with E-state index in [9.17, 15) is 9.59 Å². The van der Waals surface area contributed by atoms with Crippen molar-refractivity contribution in [1.29, 1.82) is 0 Å². The number of likely N-dealkylation sites (N-methyl/N-ethyl adjacent to an activating group) is 1. The fraction of sp³-hybridized carbons (Fsp3) is 0.263. The molecule has 2 aromatic rings. The smallest absolute Gasteiger partial charge is 0.244 e. The van der Waals surface area contributed by atoms with Crippen LogP contribution in [0.3, 0.4) is 0 Å². The maximum absolute atomic E-state index is 12.5. The lowest BCUT2D eigenvalue weighted by Gasteiger charge is -2.18. The molecule has 0 saturated carbocycles. The molecular weight excluding hydrogens is 391 g/mol. The minimum atomic E-state index is -0.404. The second-order valence-corrected chi connectivity index (χ2v) is 6.56. The van der Waals surface area contributed by atoms with Gasteiger partial charge in [0.1, 0.15) is 11.5 Å². The molecule has 0 aliphatic heterocycles. The summed E-state index contributed by atoms with van der Waals surface area (Å²) in [6, 6.07) is 10.1. The lowest BCUT2D eigenvalue weighted by molar-refractivity contribution is -0.132. The summed E-state index contributed by atoms with van der Waals surface area (Å²) in [5.74, 6) is 0.539. The number of hydrogen-bond acceptors (Lipinski definition) is 4. The number of hydrogen-bond donors (Lipinski definition) is 1. The number of anilines is 1. The van der Waals surface area contributed by atoms with Crippen LogP contribution >= 0.6 is 23.2 Å². The zero-order valence-electron chi connectivity index (χ0n) is 15.2. The molecule has 2 aromatic carbocycles. The van der Waals surface area contributed by atoms with Gasteiger partial charge in [0.2, 0.25) is 11.8 Å². The predicted octanol–water partition coefficient (Wildman–Crippen LogP) is 3.65. The molecule has 0 spiro atoms.